The number of carbonyl (C=O) groups is 1. The molecule has 0 aliphatic rings. The number of rotatable bonds is 3. The molecular formula is C11H7F3O6S. The zero-order valence-corrected chi connectivity index (χ0v) is 11.1. The molecule has 0 radical (unpaired) electrons. The molecule has 0 saturated heterocycles. The third-order valence-electron chi connectivity index (χ3n) is 2.26. The summed E-state index contributed by atoms with van der Waals surface area (Å²) in [7, 11) is -5.79. The highest BCUT2D eigenvalue weighted by atomic mass is 32.2. The molecule has 21 heavy (non-hydrogen) atoms. The summed E-state index contributed by atoms with van der Waals surface area (Å²) in [5.74, 6) is -1.12. The van der Waals surface area contributed by atoms with Crippen LogP contribution < -0.4 is 8.92 Å². The van der Waals surface area contributed by atoms with Crippen molar-refractivity contribution in [3.63, 3.8) is 0 Å². The van der Waals surface area contributed by atoms with Gasteiger partial charge in [0.2, 0.25) is 0 Å². The molecule has 0 bridgehead atoms. The molecule has 10 heteroatoms. The highest BCUT2D eigenvalue weighted by Crippen LogP contribution is 2.34. The lowest BCUT2D eigenvalue weighted by molar-refractivity contribution is -0.131. The smallest absolute Gasteiger partial charge is 0.460 e. The van der Waals surface area contributed by atoms with Crippen LogP contribution in [-0.2, 0) is 14.9 Å². The van der Waals surface area contributed by atoms with Crippen LogP contribution in [0.25, 0.3) is 11.0 Å². The molecule has 0 fully saturated rings. The van der Waals surface area contributed by atoms with Crippen LogP contribution in [0.1, 0.15) is 6.92 Å². The van der Waals surface area contributed by atoms with E-state index in [0.717, 1.165) is 6.92 Å². The monoisotopic (exact) mass is 324 g/mol. The summed E-state index contributed by atoms with van der Waals surface area (Å²) in [5.41, 5.74) is -5.55. The van der Waals surface area contributed by atoms with Gasteiger partial charge in [0.05, 0.1) is 5.39 Å². The summed E-state index contributed by atoms with van der Waals surface area (Å²) < 4.78 is 72.1. The van der Waals surface area contributed by atoms with E-state index in [2.05, 4.69) is 4.18 Å². The Labute approximate surface area is 116 Å². The van der Waals surface area contributed by atoms with Gasteiger partial charge in [0.15, 0.2) is 5.75 Å². The van der Waals surface area contributed by atoms with Crippen LogP contribution in [0.5, 0.6) is 11.5 Å². The first kappa shape index (κ1) is 15.2. The molecule has 6 nitrogen and oxygen atoms in total. The number of hydrogen-bond acceptors (Lipinski definition) is 6. The van der Waals surface area contributed by atoms with E-state index >= 15 is 0 Å². The molecule has 1 aromatic heterocycles. The van der Waals surface area contributed by atoms with E-state index in [4.69, 9.17) is 9.15 Å². The standard InChI is InChI=1S/C11H7F3O6S/c1-6(15)19-7-2-3-8-9(4-7)18-5-10(8)20-21(16,17)11(12,13)14/h2-5H,1H3. The molecule has 0 unspecified atom stereocenters. The Morgan fingerprint density at radius 3 is 2.52 bits per heavy atom. The van der Waals surface area contributed by atoms with Gasteiger partial charge in [-0.2, -0.15) is 21.6 Å². The van der Waals surface area contributed by atoms with Crippen molar-refractivity contribution in [3.05, 3.63) is 24.5 Å². The molecule has 0 N–H and O–H groups in total. The normalized spacial score (nSPS) is 12.4. The van der Waals surface area contributed by atoms with Gasteiger partial charge < -0.3 is 13.3 Å². The molecule has 0 spiro atoms. The third-order valence-corrected chi connectivity index (χ3v) is 3.22. The van der Waals surface area contributed by atoms with Gasteiger partial charge in [-0.15, -0.1) is 0 Å². The maximum Gasteiger partial charge on any atom is 0.534 e. The Kier molecular flexibility index (Phi) is 3.58. The van der Waals surface area contributed by atoms with Crippen LogP contribution in [0.2, 0.25) is 0 Å². The van der Waals surface area contributed by atoms with Crippen molar-refractivity contribution in [1.82, 2.24) is 0 Å². The molecule has 0 saturated carbocycles. The Morgan fingerprint density at radius 1 is 1.29 bits per heavy atom. The molecule has 0 amide bonds. The van der Waals surface area contributed by atoms with E-state index in [1.165, 1.54) is 18.2 Å². The Bertz CT molecular complexity index is 790. The first-order valence-corrected chi connectivity index (χ1v) is 6.71. The number of alkyl halides is 3. The lowest BCUT2D eigenvalue weighted by atomic mass is 10.2. The van der Waals surface area contributed by atoms with Crippen molar-refractivity contribution in [2.24, 2.45) is 0 Å². The first-order valence-electron chi connectivity index (χ1n) is 5.30. The minimum atomic E-state index is -5.79. The van der Waals surface area contributed by atoms with Crippen molar-refractivity contribution in [3.8, 4) is 11.5 Å². The summed E-state index contributed by atoms with van der Waals surface area (Å²) in [6, 6.07) is 3.68. The first-order chi connectivity index (χ1) is 9.60. The summed E-state index contributed by atoms with van der Waals surface area (Å²) >= 11 is 0. The second-order valence-corrected chi connectivity index (χ2v) is 5.37. The fourth-order valence-corrected chi connectivity index (χ4v) is 1.90. The number of halogens is 3. The Morgan fingerprint density at radius 2 is 1.95 bits per heavy atom. The highest BCUT2D eigenvalue weighted by Gasteiger charge is 2.49. The number of esters is 1. The van der Waals surface area contributed by atoms with E-state index < -0.39 is 27.3 Å². The van der Waals surface area contributed by atoms with Gasteiger partial charge in [-0.3, -0.25) is 4.79 Å². The SMILES string of the molecule is CC(=O)Oc1ccc2c(OS(=O)(=O)C(F)(F)F)coc2c1. The molecule has 0 aliphatic heterocycles. The number of fused-ring (bicyclic) bond motifs is 1. The molecule has 0 atom stereocenters. The second kappa shape index (κ2) is 4.95. The van der Waals surface area contributed by atoms with Crippen molar-refractivity contribution in [2.45, 2.75) is 12.4 Å². The predicted octanol–water partition coefficient (Wildman–Crippen LogP) is 2.59. The van der Waals surface area contributed by atoms with Crippen molar-refractivity contribution >= 4 is 27.1 Å². The molecule has 2 rings (SSSR count). The molecule has 2 aromatic rings. The van der Waals surface area contributed by atoms with Crippen LogP contribution in [0.4, 0.5) is 13.2 Å². The van der Waals surface area contributed by atoms with Crippen LogP contribution in [0, 0.1) is 0 Å². The third kappa shape index (κ3) is 3.10. The minimum Gasteiger partial charge on any atom is -0.460 e. The van der Waals surface area contributed by atoms with E-state index in [0.29, 0.717) is 6.26 Å². The van der Waals surface area contributed by atoms with E-state index in [1.807, 2.05) is 0 Å². The van der Waals surface area contributed by atoms with Gasteiger partial charge in [-0.1, -0.05) is 0 Å². The van der Waals surface area contributed by atoms with Gasteiger partial charge in [-0.05, 0) is 12.1 Å². The zero-order valence-electron chi connectivity index (χ0n) is 10.3. The van der Waals surface area contributed by atoms with E-state index in [9.17, 15) is 26.4 Å². The van der Waals surface area contributed by atoms with Gasteiger partial charge in [0.25, 0.3) is 0 Å². The maximum atomic E-state index is 12.2. The molecule has 1 heterocycles. The fourth-order valence-electron chi connectivity index (χ4n) is 1.44. The van der Waals surface area contributed by atoms with E-state index in [1.54, 1.807) is 0 Å². The quantitative estimate of drug-likeness (QED) is 0.373. The Hall–Kier alpha value is -2.23. The average molecular weight is 324 g/mol. The number of hydrogen-bond donors (Lipinski definition) is 0. The van der Waals surface area contributed by atoms with Gasteiger partial charge in [0.1, 0.15) is 17.6 Å². The molecular weight excluding hydrogens is 317 g/mol. The minimum absolute atomic E-state index is 0.00104. The van der Waals surface area contributed by atoms with Crippen LogP contribution >= 0.6 is 0 Å². The number of benzene rings is 1. The summed E-state index contributed by atoms with van der Waals surface area (Å²) in [6.45, 7) is 1.16. The van der Waals surface area contributed by atoms with Gasteiger partial charge in [-0.25, -0.2) is 0 Å². The van der Waals surface area contributed by atoms with Crippen LogP contribution in [-0.4, -0.2) is 19.9 Å². The topological polar surface area (TPSA) is 82.8 Å². The average Bonchev–Trinajstić information content (AvgIpc) is 2.69. The van der Waals surface area contributed by atoms with Crippen molar-refractivity contribution < 1.29 is 39.7 Å². The van der Waals surface area contributed by atoms with Crippen molar-refractivity contribution in [2.75, 3.05) is 0 Å². The lowest BCUT2D eigenvalue weighted by Crippen LogP contribution is -2.27. The lowest BCUT2D eigenvalue weighted by Gasteiger charge is -2.07. The summed E-state index contributed by atoms with van der Waals surface area (Å²) in [4.78, 5) is 10.8. The van der Waals surface area contributed by atoms with Crippen LogP contribution in [0.3, 0.4) is 0 Å². The predicted molar refractivity (Wildman–Crippen MR) is 63.1 cm³/mol. The van der Waals surface area contributed by atoms with E-state index in [-0.39, 0.29) is 16.7 Å². The molecule has 0 aliphatic carbocycles. The maximum absolute atomic E-state index is 12.2. The summed E-state index contributed by atoms with van der Waals surface area (Å²) in [6.07, 6.45) is 0.714. The van der Waals surface area contributed by atoms with Crippen LogP contribution in [0.15, 0.2) is 28.9 Å². The number of ether oxygens (including phenoxy) is 1. The molecule has 114 valence electrons. The summed E-state index contributed by atoms with van der Waals surface area (Å²) in [5, 5.41) is -0.0151. The molecule has 1 aromatic carbocycles. The Balaban J connectivity index is 2.38. The second-order valence-electron chi connectivity index (χ2n) is 3.83. The number of furan rings is 1. The number of carbonyl (C=O) groups excluding carboxylic acids is 1. The van der Waals surface area contributed by atoms with Crippen molar-refractivity contribution in [1.29, 1.82) is 0 Å². The highest BCUT2D eigenvalue weighted by molar-refractivity contribution is 7.88. The van der Waals surface area contributed by atoms with Gasteiger partial charge in [0, 0.05) is 13.0 Å². The van der Waals surface area contributed by atoms with Gasteiger partial charge >= 0.3 is 21.6 Å². The fraction of sp³-hybridized carbons (Fsp3) is 0.182. The zero-order chi connectivity index (χ0) is 15.8. The largest absolute Gasteiger partial charge is 0.534 e.